The number of halogens is 1. The summed E-state index contributed by atoms with van der Waals surface area (Å²) < 4.78 is 6.44. The fourth-order valence-electron chi connectivity index (χ4n) is 2.67. The predicted molar refractivity (Wildman–Crippen MR) is 87.1 cm³/mol. The van der Waals surface area contributed by atoms with Gasteiger partial charge in [0, 0.05) is 37.3 Å². The third-order valence-electron chi connectivity index (χ3n) is 3.90. The molecule has 20 heavy (non-hydrogen) atoms. The molecule has 1 aliphatic heterocycles. The van der Waals surface area contributed by atoms with Crippen molar-refractivity contribution in [2.45, 2.75) is 32.4 Å². The van der Waals surface area contributed by atoms with Crippen molar-refractivity contribution >= 4 is 15.9 Å². The van der Waals surface area contributed by atoms with Crippen molar-refractivity contribution < 1.29 is 4.74 Å². The van der Waals surface area contributed by atoms with Gasteiger partial charge >= 0.3 is 0 Å². The van der Waals surface area contributed by atoms with E-state index in [1.54, 1.807) is 7.11 Å². The van der Waals surface area contributed by atoms with E-state index in [1.165, 1.54) is 35.0 Å². The zero-order chi connectivity index (χ0) is 14.4. The first-order chi connectivity index (χ1) is 9.69. The molecule has 0 aliphatic carbocycles. The van der Waals surface area contributed by atoms with E-state index in [0.29, 0.717) is 6.04 Å². The van der Waals surface area contributed by atoms with E-state index in [-0.39, 0.29) is 0 Å². The maximum absolute atomic E-state index is 5.25. The van der Waals surface area contributed by atoms with Crippen LogP contribution in [0, 0.1) is 6.92 Å². The Bertz CT molecular complexity index is 419. The van der Waals surface area contributed by atoms with Crippen molar-refractivity contribution in [3.63, 3.8) is 0 Å². The minimum absolute atomic E-state index is 0.640. The molecule has 0 bridgehead atoms. The number of hydrogen-bond acceptors (Lipinski definition) is 3. The van der Waals surface area contributed by atoms with Gasteiger partial charge in [-0.3, -0.25) is 4.90 Å². The van der Waals surface area contributed by atoms with E-state index in [1.807, 2.05) is 0 Å². The molecule has 1 N–H and O–H groups in total. The quantitative estimate of drug-likeness (QED) is 0.825. The molecule has 112 valence electrons. The molecule has 1 unspecified atom stereocenters. The van der Waals surface area contributed by atoms with Crippen LogP contribution in [0.15, 0.2) is 22.7 Å². The van der Waals surface area contributed by atoms with Gasteiger partial charge < -0.3 is 10.1 Å². The second-order valence-electron chi connectivity index (χ2n) is 5.60. The van der Waals surface area contributed by atoms with Crippen molar-refractivity contribution in [3.8, 4) is 0 Å². The summed E-state index contributed by atoms with van der Waals surface area (Å²) in [5.74, 6) is 0. The summed E-state index contributed by atoms with van der Waals surface area (Å²) in [6.07, 6.45) is 2.60. The van der Waals surface area contributed by atoms with Crippen molar-refractivity contribution in [2.75, 3.05) is 33.4 Å². The first-order valence-electron chi connectivity index (χ1n) is 7.38. The highest BCUT2D eigenvalue weighted by atomic mass is 79.9. The summed E-state index contributed by atoms with van der Waals surface area (Å²) in [6.45, 7) is 7.16. The maximum atomic E-state index is 5.25. The Morgan fingerprint density at radius 2 is 2.30 bits per heavy atom. The molecule has 3 nitrogen and oxygen atoms in total. The highest BCUT2D eigenvalue weighted by Gasteiger charge is 2.18. The SMILES string of the molecule is COCCN(Cc1ccc(C)c(Br)c1)CC1CCCN1. The van der Waals surface area contributed by atoms with Crippen molar-refractivity contribution in [1.29, 1.82) is 0 Å². The van der Waals surface area contributed by atoms with E-state index in [4.69, 9.17) is 4.74 Å². The first kappa shape index (κ1) is 16.0. The van der Waals surface area contributed by atoms with Gasteiger partial charge in [0.1, 0.15) is 0 Å². The topological polar surface area (TPSA) is 24.5 Å². The molecule has 0 saturated carbocycles. The Hall–Kier alpha value is -0.420. The Labute approximate surface area is 130 Å². The normalized spacial score (nSPS) is 18.9. The summed E-state index contributed by atoms with van der Waals surface area (Å²) in [5, 5.41) is 3.58. The summed E-state index contributed by atoms with van der Waals surface area (Å²) >= 11 is 3.62. The molecule has 1 heterocycles. The molecule has 1 atom stereocenters. The van der Waals surface area contributed by atoms with Crippen LogP contribution in [0.1, 0.15) is 24.0 Å². The van der Waals surface area contributed by atoms with Gasteiger partial charge in [-0.2, -0.15) is 0 Å². The molecule has 2 rings (SSSR count). The van der Waals surface area contributed by atoms with E-state index in [0.717, 1.165) is 26.2 Å². The van der Waals surface area contributed by atoms with Crippen LogP contribution in [0.2, 0.25) is 0 Å². The standard InChI is InChI=1S/C16H25BrN2O/c1-13-5-6-14(10-16(13)17)11-19(8-9-20-2)12-15-4-3-7-18-15/h5-6,10,15,18H,3-4,7-9,11-12H2,1-2H3. The fraction of sp³-hybridized carbons (Fsp3) is 0.625. The lowest BCUT2D eigenvalue weighted by Gasteiger charge is -2.25. The fourth-order valence-corrected chi connectivity index (χ4v) is 3.10. The molecule has 0 aromatic heterocycles. The van der Waals surface area contributed by atoms with E-state index >= 15 is 0 Å². The molecule has 1 fully saturated rings. The van der Waals surface area contributed by atoms with Crippen molar-refractivity contribution in [2.24, 2.45) is 0 Å². The molecular formula is C16H25BrN2O. The van der Waals surface area contributed by atoms with Crippen LogP contribution < -0.4 is 5.32 Å². The molecule has 4 heteroatoms. The van der Waals surface area contributed by atoms with Gasteiger partial charge in [-0.25, -0.2) is 0 Å². The minimum Gasteiger partial charge on any atom is -0.383 e. The molecule has 0 amide bonds. The predicted octanol–water partition coefficient (Wildman–Crippen LogP) is 2.96. The van der Waals surface area contributed by atoms with Crippen LogP contribution in [0.25, 0.3) is 0 Å². The van der Waals surface area contributed by atoms with E-state index in [2.05, 4.69) is 51.3 Å². The number of aryl methyl sites for hydroxylation is 1. The van der Waals surface area contributed by atoms with Gasteiger partial charge in [0.05, 0.1) is 6.61 Å². The third-order valence-corrected chi connectivity index (χ3v) is 4.75. The Kier molecular flexibility index (Phi) is 6.49. The summed E-state index contributed by atoms with van der Waals surface area (Å²) in [5.41, 5.74) is 2.64. The number of rotatable bonds is 7. The lowest BCUT2D eigenvalue weighted by molar-refractivity contribution is 0.138. The molecule has 1 saturated heterocycles. The largest absolute Gasteiger partial charge is 0.383 e. The van der Waals surface area contributed by atoms with Crippen LogP contribution in [0.5, 0.6) is 0 Å². The second-order valence-corrected chi connectivity index (χ2v) is 6.46. The number of hydrogen-bond donors (Lipinski definition) is 1. The van der Waals surface area contributed by atoms with Crippen LogP contribution in [0.3, 0.4) is 0 Å². The molecule has 0 radical (unpaired) electrons. The molecular weight excluding hydrogens is 316 g/mol. The Morgan fingerprint density at radius 3 is 2.95 bits per heavy atom. The number of nitrogens with one attached hydrogen (secondary N) is 1. The lowest BCUT2D eigenvalue weighted by Crippen LogP contribution is -2.38. The molecule has 0 spiro atoms. The van der Waals surface area contributed by atoms with Crippen LogP contribution in [-0.4, -0.2) is 44.3 Å². The molecule has 1 aliphatic rings. The van der Waals surface area contributed by atoms with E-state index < -0.39 is 0 Å². The van der Waals surface area contributed by atoms with Crippen molar-refractivity contribution in [1.82, 2.24) is 10.2 Å². The average molecular weight is 341 g/mol. The zero-order valence-electron chi connectivity index (χ0n) is 12.5. The lowest BCUT2D eigenvalue weighted by atomic mass is 10.1. The van der Waals surface area contributed by atoms with Gasteiger partial charge in [0.2, 0.25) is 0 Å². The summed E-state index contributed by atoms with van der Waals surface area (Å²) in [6, 6.07) is 7.28. The van der Waals surface area contributed by atoms with E-state index in [9.17, 15) is 0 Å². The molecule has 1 aromatic carbocycles. The maximum Gasteiger partial charge on any atom is 0.0589 e. The van der Waals surface area contributed by atoms with Gasteiger partial charge in [0.15, 0.2) is 0 Å². The Balaban J connectivity index is 1.95. The number of ether oxygens (including phenoxy) is 1. The first-order valence-corrected chi connectivity index (χ1v) is 8.18. The average Bonchev–Trinajstić information content (AvgIpc) is 2.93. The second kappa shape index (κ2) is 8.13. The number of methoxy groups -OCH3 is 1. The molecule has 1 aromatic rings. The monoisotopic (exact) mass is 340 g/mol. The highest BCUT2D eigenvalue weighted by molar-refractivity contribution is 9.10. The van der Waals surface area contributed by atoms with Crippen LogP contribution >= 0.6 is 15.9 Å². The van der Waals surface area contributed by atoms with Gasteiger partial charge in [-0.15, -0.1) is 0 Å². The van der Waals surface area contributed by atoms with Gasteiger partial charge in [-0.05, 0) is 43.5 Å². The van der Waals surface area contributed by atoms with Crippen LogP contribution in [0.4, 0.5) is 0 Å². The van der Waals surface area contributed by atoms with Crippen LogP contribution in [-0.2, 0) is 11.3 Å². The third kappa shape index (κ3) is 4.85. The van der Waals surface area contributed by atoms with Crippen molar-refractivity contribution in [3.05, 3.63) is 33.8 Å². The van der Waals surface area contributed by atoms with Gasteiger partial charge in [-0.1, -0.05) is 28.1 Å². The minimum atomic E-state index is 0.640. The number of benzene rings is 1. The smallest absolute Gasteiger partial charge is 0.0589 e. The summed E-state index contributed by atoms with van der Waals surface area (Å²) in [4.78, 5) is 2.49. The highest BCUT2D eigenvalue weighted by Crippen LogP contribution is 2.19. The Morgan fingerprint density at radius 1 is 1.45 bits per heavy atom. The summed E-state index contributed by atoms with van der Waals surface area (Å²) in [7, 11) is 1.77. The number of nitrogens with zero attached hydrogens (tertiary/aromatic N) is 1. The zero-order valence-corrected chi connectivity index (χ0v) is 14.1. The van der Waals surface area contributed by atoms with Gasteiger partial charge in [0.25, 0.3) is 0 Å².